The van der Waals surface area contributed by atoms with Gasteiger partial charge in [0.25, 0.3) is 0 Å². The highest BCUT2D eigenvalue weighted by molar-refractivity contribution is 14.1. The number of nitrogens with one attached hydrogen (secondary N) is 1. The molecule has 1 aliphatic rings. The van der Waals surface area contributed by atoms with Crippen molar-refractivity contribution in [3.63, 3.8) is 0 Å². The van der Waals surface area contributed by atoms with Crippen LogP contribution >= 0.6 is 22.6 Å². The standard InChI is InChI=1S/C15H18IN3/c1-2-3-4-14-13-9-10-17-15(13)19(18-14)12-7-5-11(16)6-8-12/h5-8,17H,2-4,9-10H2,1H3. The Bertz CT molecular complexity index is 572. The summed E-state index contributed by atoms with van der Waals surface area (Å²) in [6.45, 7) is 3.27. The molecule has 0 amide bonds. The predicted octanol–water partition coefficient (Wildman–Crippen LogP) is 3.79. The second-order valence-corrected chi connectivity index (χ2v) is 6.19. The number of benzene rings is 1. The van der Waals surface area contributed by atoms with Gasteiger partial charge in [-0.15, -0.1) is 0 Å². The average molecular weight is 367 g/mol. The first-order valence-electron chi connectivity index (χ1n) is 6.90. The number of fused-ring (bicyclic) bond motifs is 1. The lowest BCUT2D eigenvalue weighted by Gasteiger charge is -2.06. The highest BCUT2D eigenvalue weighted by Gasteiger charge is 2.22. The molecule has 19 heavy (non-hydrogen) atoms. The van der Waals surface area contributed by atoms with Gasteiger partial charge in [0.05, 0.1) is 11.4 Å². The van der Waals surface area contributed by atoms with Crippen LogP contribution in [0.5, 0.6) is 0 Å². The minimum atomic E-state index is 1.04. The van der Waals surface area contributed by atoms with Crippen LogP contribution in [0.4, 0.5) is 5.82 Å². The first-order chi connectivity index (χ1) is 9.29. The molecular formula is C15H18IN3. The molecule has 3 rings (SSSR count). The number of aryl methyl sites for hydroxylation is 1. The molecule has 0 saturated heterocycles. The lowest BCUT2D eigenvalue weighted by atomic mass is 10.1. The fourth-order valence-electron chi connectivity index (χ4n) is 2.56. The summed E-state index contributed by atoms with van der Waals surface area (Å²) in [7, 11) is 0. The highest BCUT2D eigenvalue weighted by atomic mass is 127. The Morgan fingerprint density at radius 3 is 2.84 bits per heavy atom. The Balaban J connectivity index is 1.99. The van der Waals surface area contributed by atoms with Gasteiger partial charge in [0, 0.05) is 15.7 Å². The van der Waals surface area contributed by atoms with Crippen LogP contribution in [-0.2, 0) is 12.8 Å². The summed E-state index contributed by atoms with van der Waals surface area (Å²) in [6, 6.07) is 8.53. The maximum absolute atomic E-state index is 4.82. The minimum absolute atomic E-state index is 1.04. The van der Waals surface area contributed by atoms with E-state index in [0.29, 0.717) is 0 Å². The van der Waals surface area contributed by atoms with Gasteiger partial charge in [0.1, 0.15) is 5.82 Å². The molecule has 0 fully saturated rings. The molecule has 1 aromatic heterocycles. The Morgan fingerprint density at radius 2 is 2.11 bits per heavy atom. The summed E-state index contributed by atoms with van der Waals surface area (Å²) in [5.41, 5.74) is 3.85. The van der Waals surface area contributed by atoms with Gasteiger partial charge >= 0.3 is 0 Å². The van der Waals surface area contributed by atoms with E-state index in [2.05, 4.69) is 63.8 Å². The third-order valence-electron chi connectivity index (χ3n) is 3.57. The van der Waals surface area contributed by atoms with Crippen LogP contribution in [0.15, 0.2) is 24.3 Å². The monoisotopic (exact) mass is 367 g/mol. The number of halogens is 1. The number of rotatable bonds is 4. The molecular weight excluding hydrogens is 349 g/mol. The molecule has 0 bridgehead atoms. The summed E-state index contributed by atoms with van der Waals surface area (Å²) in [5.74, 6) is 1.20. The van der Waals surface area contributed by atoms with Crippen molar-refractivity contribution < 1.29 is 0 Å². The molecule has 0 unspecified atom stereocenters. The quantitative estimate of drug-likeness (QED) is 0.834. The first kappa shape index (κ1) is 13.0. The van der Waals surface area contributed by atoms with Gasteiger partial charge in [-0.1, -0.05) is 13.3 Å². The first-order valence-corrected chi connectivity index (χ1v) is 7.98. The van der Waals surface area contributed by atoms with Crippen molar-refractivity contribution in [3.8, 4) is 5.69 Å². The number of hydrogen-bond acceptors (Lipinski definition) is 2. The second-order valence-electron chi connectivity index (χ2n) is 4.94. The smallest absolute Gasteiger partial charge is 0.133 e. The minimum Gasteiger partial charge on any atom is -0.369 e. The molecule has 0 radical (unpaired) electrons. The van der Waals surface area contributed by atoms with Crippen molar-refractivity contribution in [2.75, 3.05) is 11.9 Å². The molecule has 0 aliphatic carbocycles. The lowest BCUT2D eigenvalue weighted by molar-refractivity contribution is 0.744. The summed E-state index contributed by atoms with van der Waals surface area (Å²) < 4.78 is 3.33. The van der Waals surface area contributed by atoms with Gasteiger partial charge in [0.15, 0.2) is 0 Å². The number of aromatic nitrogens is 2. The molecule has 0 spiro atoms. The third-order valence-corrected chi connectivity index (χ3v) is 4.29. The van der Waals surface area contributed by atoms with Crippen LogP contribution in [0.25, 0.3) is 5.69 Å². The summed E-state index contributed by atoms with van der Waals surface area (Å²) in [5, 5.41) is 8.30. The van der Waals surface area contributed by atoms with Crippen molar-refractivity contribution in [3.05, 3.63) is 39.1 Å². The maximum atomic E-state index is 4.82. The normalized spacial score (nSPS) is 13.4. The van der Waals surface area contributed by atoms with Crippen LogP contribution in [0.2, 0.25) is 0 Å². The van der Waals surface area contributed by atoms with Gasteiger partial charge in [0.2, 0.25) is 0 Å². The van der Waals surface area contributed by atoms with Crippen molar-refractivity contribution in [1.29, 1.82) is 0 Å². The number of nitrogens with zero attached hydrogens (tertiary/aromatic N) is 2. The van der Waals surface area contributed by atoms with E-state index in [-0.39, 0.29) is 0 Å². The summed E-state index contributed by atoms with van der Waals surface area (Å²) >= 11 is 2.33. The number of hydrogen-bond donors (Lipinski definition) is 1. The largest absolute Gasteiger partial charge is 0.369 e. The number of unbranched alkanes of at least 4 members (excludes halogenated alkanes) is 1. The van der Waals surface area contributed by atoms with Gasteiger partial charge in [-0.3, -0.25) is 0 Å². The van der Waals surface area contributed by atoms with Crippen molar-refractivity contribution in [2.45, 2.75) is 32.6 Å². The Labute approximate surface area is 127 Å². The molecule has 100 valence electrons. The summed E-state index contributed by atoms with van der Waals surface area (Å²) in [4.78, 5) is 0. The van der Waals surface area contributed by atoms with Crippen LogP contribution in [-0.4, -0.2) is 16.3 Å². The summed E-state index contributed by atoms with van der Waals surface area (Å²) in [6.07, 6.45) is 4.64. The molecule has 0 saturated carbocycles. The van der Waals surface area contributed by atoms with Crippen LogP contribution in [0.3, 0.4) is 0 Å². The Morgan fingerprint density at radius 1 is 1.32 bits per heavy atom. The van der Waals surface area contributed by atoms with Gasteiger partial charge < -0.3 is 5.32 Å². The average Bonchev–Trinajstić information content (AvgIpc) is 3.00. The molecule has 3 nitrogen and oxygen atoms in total. The SMILES string of the molecule is CCCCc1nn(-c2ccc(I)cc2)c2c1CCN2. The van der Waals surface area contributed by atoms with E-state index < -0.39 is 0 Å². The van der Waals surface area contributed by atoms with Gasteiger partial charge in [-0.05, 0) is 66.1 Å². The highest BCUT2D eigenvalue weighted by Crippen LogP contribution is 2.29. The van der Waals surface area contributed by atoms with E-state index in [1.54, 1.807) is 0 Å². The van der Waals surface area contributed by atoms with E-state index in [1.165, 1.54) is 33.5 Å². The van der Waals surface area contributed by atoms with Crippen molar-refractivity contribution in [2.24, 2.45) is 0 Å². The zero-order valence-corrected chi connectivity index (χ0v) is 13.3. The van der Waals surface area contributed by atoms with E-state index in [9.17, 15) is 0 Å². The van der Waals surface area contributed by atoms with E-state index in [1.807, 2.05) is 0 Å². The molecule has 4 heteroatoms. The van der Waals surface area contributed by atoms with E-state index in [4.69, 9.17) is 5.10 Å². The van der Waals surface area contributed by atoms with Gasteiger partial charge in [-0.2, -0.15) is 5.10 Å². The topological polar surface area (TPSA) is 29.9 Å². The molecule has 1 N–H and O–H groups in total. The van der Waals surface area contributed by atoms with Crippen LogP contribution in [0.1, 0.15) is 31.0 Å². The molecule has 1 aliphatic heterocycles. The van der Waals surface area contributed by atoms with E-state index >= 15 is 0 Å². The molecule has 0 atom stereocenters. The van der Waals surface area contributed by atoms with Crippen molar-refractivity contribution >= 4 is 28.4 Å². The predicted molar refractivity (Wildman–Crippen MR) is 87.1 cm³/mol. The Hall–Kier alpha value is -1.04. The lowest BCUT2D eigenvalue weighted by Crippen LogP contribution is -2.05. The maximum Gasteiger partial charge on any atom is 0.133 e. The fraction of sp³-hybridized carbons (Fsp3) is 0.400. The zero-order chi connectivity index (χ0) is 13.2. The third kappa shape index (κ3) is 2.50. The van der Waals surface area contributed by atoms with Crippen molar-refractivity contribution in [1.82, 2.24) is 9.78 Å². The van der Waals surface area contributed by atoms with Gasteiger partial charge in [-0.25, -0.2) is 4.68 Å². The molecule has 1 aromatic carbocycles. The zero-order valence-electron chi connectivity index (χ0n) is 11.1. The fourth-order valence-corrected chi connectivity index (χ4v) is 2.92. The Kier molecular flexibility index (Phi) is 3.77. The second kappa shape index (κ2) is 5.53. The molecule has 2 heterocycles. The number of anilines is 1. The van der Waals surface area contributed by atoms with E-state index in [0.717, 1.165) is 25.1 Å². The van der Waals surface area contributed by atoms with Crippen LogP contribution < -0.4 is 5.32 Å². The molecule has 2 aromatic rings. The van der Waals surface area contributed by atoms with Crippen LogP contribution in [0, 0.1) is 3.57 Å².